The number of aryl methyl sites for hydroxylation is 1. The topological polar surface area (TPSA) is 37.4 Å². The number of imide groups is 1. The Labute approximate surface area is 133 Å². The van der Waals surface area contributed by atoms with Gasteiger partial charge in [-0.05, 0) is 54.7 Å². The van der Waals surface area contributed by atoms with E-state index in [1.54, 1.807) is 6.07 Å². The van der Waals surface area contributed by atoms with Gasteiger partial charge >= 0.3 is 0 Å². The highest BCUT2D eigenvalue weighted by molar-refractivity contribution is 6.32. The van der Waals surface area contributed by atoms with Crippen LogP contribution in [0.15, 0.2) is 30.4 Å². The number of amides is 2. The SMILES string of the molecule is Cc1ccc(N2C(=O)[C@@H]3[C@H]4C=C[C@H]([C@@H]5C[C@H]45)[C@@H]3C2=O)cc1Cl. The minimum Gasteiger partial charge on any atom is -0.274 e. The monoisotopic (exact) mass is 313 g/mol. The number of rotatable bonds is 1. The molecule has 5 aliphatic rings. The highest BCUT2D eigenvalue weighted by Crippen LogP contribution is 2.65. The summed E-state index contributed by atoms with van der Waals surface area (Å²) in [5.41, 5.74) is 1.57. The second kappa shape index (κ2) is 4.02. The Balaban J connectivity index is 1.58. The average molecular weight is 314 g/mol. The van der Waals surface area contributed by atoms with Gasteiger partial charge in [0.15, 0.2) is 0 Å². The predicted octanol–water partition coefficient (Wildman–Crippen LogP) is 3.21. The van der Waals surface area contributed by atoms with Crippen LogP contribution in [0.5, 0.6) is 0 Å². The van der Waals surface area contributed by atoms with Crippen molar-refractivity contribution < 1.29 is 9.59 Å². The fourth-order valence-corrected chi connectivity index (χ4v) is 5.11. The number of allylic oxidation sites excluding steroid dienone is 2. The van der Waals surface area contributed by atoms with E-state index in [1.807, 2.05) is 19.1 Å². The van der Waals surface area contributed by atoms with Crippen LogP contribution in [0.3, 0.4) is 0 Å². The molecule has 4 aliphatic carbocycles. The molecule has 2 amide bonds. The molecule has 0 unspecified atom stereocenters. The lowest BCUT2D eigenvalue weighted by Gasteiger charge is -2.37. The van der Waals surface area contributed by atoms with E-state index in [-0.39, 0.29) is 35.5 Å². The molecule has 0 spiro atoms. The van der Waals surface area contributed by atoms with E-state index >= 15 is 0 Å². The molecule has 2 bridgehead atoms. The molecule has 1 aromatic rings. The second-order valence-electron chi connectivity index (χ2n) is 7.10. The number of carbonyl (C=O) groups is 2. The highest BCUT2D eigenvalue weighted by atomic mass is 35.5. The van der Waals surface area contributed by atoms with Gasteiger partial charge < -0.3 is 0 Å². The maximum absolute atomic E-state index is 12.9. The van der Waals surface area contributed by atoms with E-state index in [4.69, 9.17) is 11.6 Å². The molecule has 1 saturated heterocycles. The van der Waals surface area contributed by atoms with Gasteiger partial charge in [0.1, 0.15) is 0 Å². The first kappa shape index (κ1) is 12.9. The Hall–Kier alpha value is -1.61. The van der Waals surface area contributed by atoms with E-state index in [9.17, 15) is 9.59 Å². The molecule has 6 atom stereocenters. The zero-order valence-corrected chi connectivity index (χ0v) is 13.0. The Morgan fingerprint density at radius 2 is 1.64 bits per heavy atom. The predicted molar refractivity (Wildman–Crippen MR) is 83.4 cm³/mol. The number of carbonyl (C=O) groups excluding carboxylic acids is 2. The molecule has 4 heteroatoms. The number of anilines is 1. The summed E-state index contributed by atoms with van der Waals surface area (Å²) < 4.78 is 0. The lowest BCUT2D eigenvalue weighted by atomic mass is 9.63. The quantitative estimate of drug-likeness (QED) is 0.590. The number of hydrogen-bond donors (Lipinski definition) is 0. The maximum atomic E-state index is 12.9. The van der Waals surface area contributed by atoms with Crippen molar-refractivity contribution in [3.05, 3.63) is 40.9 Å². The van der Waals surface area contributed by atoms with Gasteiger partial charge in [-0.25, -0.2) is 4.90 Å². The zero-order valence-electron chi connectivity index (χ0n) is 12.2. The van der Waals surface area contributed by atoms with Crippen LogP contribution in [0.25, 0.3) is 0 Å². The Morgan fingerprint density at radius 3 is 2.18 bits per heavy atom. The van der Waals surface area contributed by atoms with Gasteiger partial charge in [-0.2, -0.15) is 0 Å². The summed E-state index contributed by atoms with van der Waals surface area (Å²) in [5, 5.41) is 0.594. The Morgan fingerprint density at radius 1 is 1.05 bits per heavy atom. The number of hydrogen-bond acceptors (Lipinski definition) is 2. The molecular formula is C18H16ClNO2. The molecule has 22 heavy (non-hydrogen) atoms. The molecule has 0 N–H and O–H groups in total. The van der Waals surface area contributed by atoms with Gasteiger partial charge in [0, 0.05) is 5.02 Å². The van der Waals surface area contributed by atoms with Crippen LogP contribution < -0.4 is 4.90 Å². The summed E-state index contributed by atoms with van der Waals surface area (Å²) in [4.78, 5) is 27.2. The van der Waals surface area contributed by atoms with Crippen molar-refractivity contribution in [3.8, 4) is 0 Å². The maximum Gasteiger partial charge on any atom is 0.238 e. The first-order chi connectivity index (χ1) is 10.6. The minimum atomic E-state index is -0.147. The lowest BCUT2D eigenvalue weighted by Crippen LogP contribution is -2.40. The molecule has 6 rings (SSSR count). The van der Waals surface area contributed by atoms with Crippen molar-refractivity contribution in [1.29, 1.82) is 0 Å². The summed E-state index contributed by atoms with van der Waals surface area (Å²) in [5.74, 6) is 1.45. The number of halogens is 1. The fourth-order valence-electron chi connectivity index (χ4n) is 4.93. The summed E-state index contributed by atoms with van der Waals surface area (Å²) in [6.07, 6.45) is 5.57. The molecule has 112 valence electrons. The summed E-state index contributed by atoms with van der Waals surface area (Å²) in [6.45, 7) is 1.91. The lowest BCUT2D eigenvalue weighted by molar-refractivity contribution is -0.124. The number of benzene rings is 1. The molecule has 3 fully saturated rings. The summed E-state index contributed by atoms with van der Waals surface area (Å²) >= 11 is 6.18. The molecule has 0 aromatic heterocycles. The molecular weight excluding hydrogens is 298 g/mol. The van der Waals surface area contributed by atoms with Gasteiger partial charge in [-0.15, -0.1) is 0 Å². The van der Waals surface area contributed by atoms with Gasteiger partial charge in [-0.3, -0.25) is 9.59 Å². The van der Waals surface area contributed by atoms with E-state index < -0.39 is 0 Å². The Bertz CT molecular complexity index is 719. The van der Waals surface area contributed by atoms with Gasteiger partial charge in [0.05, 0.1) is 17.5 Å². The second-order valence-corrected chi connectivity index (χ2v) is 7.51. The molecule has 1 heterocycles. The van der Waals surface area contributed by atoms with Crippen molar-refractivity contribution in [3.63, 3.8) is 0 Å². The molecule has 1 aliphatic heterocycles. The zero-order chi connectivity index (χ0) is 15.2. The van der Waals surface area contributed by atoms with Crippen molar-refractivity contribution in [1.82, 2.24) is 0 Å². The summed E-state index contributed by atoms with van der Waals surface area (Å²) in [6, 6.07) is 5.43. The first-order valence-corrected chi connectivity index (χ1v) is 8.28. The van der Waals surface area contributed by atoms with Crippen LogP contribution in [0.2, 0.25) is 5.02 Å². The van der Waals surface area contributed by atoms with Gasteiger partial charge in [0.2, 0.25) is 11.8 Å². The van der Waals surface area contributed by atoms with Crippen molar-refractivity contribution in [2.45, 2.75) is 13.3 Å². The minimum absolute atomic E-state index is 0.0281. The van der Waals surface area contributed by atoms with Crippen LogP contribution in [-0.2, 0) is 9.59 Å². The van der Waals surface area contributed by atoms with Crippen molar-refractivity contribution >= 4 is 29.1 Å². The third-order valence-electron chi connectivity index (χ3n) is 6.08. The van der Waals surface area contributed by atoms with Crippen LogP contribution in [-0.4, -0.2) is 11.8 Å². The van der Waals surface area contributed by atoms with E-state index in [0.29, 0.717) is 22.5 Å². The Kier molecular flexibility index (Phi) is 2.35. The van der Waals surface area contributed by atoms with Crippen LogP contribution in [0.4, 0.5) is 5.69 Å². The number of nitrogens with zero attached hydrogens (tertiary/aromatic N) is 1. The van der Waals surface area contributed by atoms with Gasteiger partial charge in [-0.1, -0.05) is 29.8 Å². The van der Waals surface area contributed by atoms with Crippen LogP contribution in [0, 0.1) is 42.4 Å². The van der Waals surface area contributed by atoms with Crippen molar-refractivity contribution in [2.75, 3.05) is 4.90 Å². The van der Waals surface area contributed by atoms with E-state index in [1.165, 1.54) is 11.3 Å². The summed E-state index contributed by atoms with van der Waals surface area (Å²) in [7, 11) is 0. The third kappa shape index (κ3) is 1.43. The van der Waals surface area contributed by atoms with E-state index in [2.05, 4.69) is 12.2 Å². The first-order valence-electron chi connectivity index (χ1n) is 7.90. The molecule has 2 saturated carbocycles. The van der Waals surface area contributed by atoms with Crippen LogP contribution >= 0.6 is 11.6 Å². The molecule has 0 radical (unpaired) electrons. The van der Waals surface area contributed by atoms with Crippen molar-refractivity contribution in [2.24, 2.45) is 35.5 Å². The standard InChI is InChI=1S/C18H16ClNO2/c1-8-2-3-9(6-14(8)19)20-17(21)15-10-4-5-11(13-7-12(10)13)16(15)18(20)22/h2-6,10-13,15-16H,7H2,1H3/t10-,11+,12+,13-,15+,16-. The molecule has 3 nitrogen and oxygen atoms in total. The van der Waals surface area contributed by atoms with Gasteiger partial charge in [0.25, 0.3) is 0 Å². The normalized spacial score (nSPS) is 40.9. The third-order valence-corrected chi connectivity index (χ3v) is 6.48. The largest absolute Gasteiger partial charge is 0.274 e. The fraction of sp³-hybridized carbons (Fsp3) is 0.444. The van der Waals surface area contributed by atoms with Crippen LogP contribution in [0.1, 0.15) is 12.0 Å². The smallest absolute Gasteiger partial charge is 0.238 e. The highest BCUT2D eigenvalue weighted by Gasteiger charge is 2.67. The average Bonchev–Trinajstić information content (AvgIpc) is 3.28. The van der Waals surface area contributed by atoms with E-state index in [0.717, 1.165) is 5.56 Å². The molecule has 1 aromatic carbocycles.